The van der Waals surface area contributed by atoms with Crippen molar-refractivity contribution in [2.24, 2.45) is 0 Å². The van der Waals surface area contributed by atoms with E-state index in [4.69, 9.17) is 5.73 Å². The van der Waals surface area contributed by atoms with Gasteiger partial charge in [-0.15, -0.1) is 11.3 Å². The van der Waals surface area contributed by atoms with Gasteiger partial charge in [0.25, 0.3) is 0 Å². The molecular weight excluding hydrogens is 292 g/mol. The third-order valence-corrected chi connectivity index (χ3v) is 4.28. The van der Waals surface area contributed by atoms with Crippen LogP contribution in [0.4, 0.5) is 5.13 Å². The van der Waals surface area contributed by atoms with Crippen molar-refractivity contribution in [3.8, 4) is 0 Å². The highest BCUT2D eigenvalue weighted by Gasteiger charge is 2.09. The van der Waals surface area contributed by atoms with Crippen LogP contribution in [-0.2, 0) is 17.9 Å². The molecular formula is C13H18N4OS2. The standard InChI is InChI=1S/C13H18N4OS2/c1-10(18)15-3-4-17(7-11-2-5-19-9-11)8-12-6-16-13(14)20-12/h2,5-6,9H,3-4,7-8H2,1H3,(H2,14,16)(H,15,18). The number of nitrogens with zero attached hydrogens (tertiary/aromatic N) is 2. The van der Waals surface area contributed by atoms with Gasteiger partial charge in [0.1, 0.15) is 0 Å². The Balaban J connectivity index is 1.93. The number of rotatable bonds is 7. The number of hydrogen-bond donors (Lipinski definition) is 2. The van der Waals surface area contributed by atoms with E-state index in [1.54, 1.807) is 11.3 Å². The molecule has 2 rings (SSSR count). The first kappa shape index (κ1) is 15.0. The summed E-state index contributed by atoms with van der Waals surface area (Å²) < 4.78 is 0. The van der Waals surface area contributed by atoms with Crippen LogP contribution in [0.15, 0.2) is 23.0 Å². The van der Waals surface area contributed by atoms with Crippen molar-refractivity contribution >= 4 is 33.7 Å². The maximum absolute atomic E-state index is 11.0. The van der Waals surface area contributed by atoms with Gasteiger partial charge in [0.2, 0.25) is 5.91 Å². The molecule has 1 amide bonds. The smallest absolute Gasteiger partial charge is 0.216 e. The molecule has 0 aliphatic carbocycles. The molecule has 108 valence electrons. The predicted molar refractivity (Wildman–Crippen MR) is 83.6 cm³/mol. The number of nitrogens with two attached hydrogens (primary N) is 1. The quantitative estimate of drug-likeness (QED) is 0.819. The van der Waals surface area contributed by atoms with Crippen LogP contribution in [0, 0.1) is 0 Å². The van der Waals surface area contributed by atoms with Crippen LogP contribution in [0.3, 0.4) is 0 Å². The van der Waals surface area contributed by atoms with E-state index >= 15 is 0 Å². The van der Waals surface area contributed by atoms with Crippen LogP contribution in [0.25, 0.3) is 0 Å². The van der Waals surface area contributed by atoms with E-state index < -0.39 is 0 Å². The Kier molecular flexibility index (Phi) is 5.51. The second-order valence-corrected chi connectivity index (χ2v) is 6.42. The van der Waals surface area contributed by atoms with Crippen molar-refractivity contribution < 1.29 is 4.79 Å². The zero-order chi connectivity index (χ0) is 14.4. The van der Waals surface area contributed by atoms with Gasteiger partial charge in [0.15, 0.2) is 5.13 Å². The highest BCUT2D eigenvalue weighted by Crippen LogP contribution is 2.18. The number of amides is 1. The molecule has 20 heavy (non-hydrogen) atoms. The lowest BCUT2D eigenvalue weighted by Gasteiger charge is -2.21. The molecule has 0 saturated heterocycles. The second-order valence-electron chi connectivity index (χ2n) is 4.49. The number of anilines is 1. The van der Waals surface area contributed by atoms with Crippen molar-refractivity contribution in [3.63, 3.8) is 0 Å². The van der Waals surface area contributed by atoms with E-state index in [0.29, 0.717) is 11.7 Å². The first-order valence-electron chi connectivity index (χ1n) is 6.31. The van der Waals surface area contributed by atoms with Gasteiger partial charge in [-0.2, -0.15) is 11.3 Å². The minimum absolute atomic E-state index is 0.00233. The number of hydrogen-bond acceptors (Lipinski definition) is 6. The summed E-state index contributed by atoms with van der Waals surface area (Å²) in [5, 5.41) is 7.65. The van der Waals surface area contributed by atoms with Crippen molar-refractivity contribution in [2.45, 2.75) is 20.0 Å². The number of thiazole rings is 1. The lowest BCUT2D eigenvalue weighted by Crippen LogP contribution is -2.33. The van der Waals surface area contributed by atoms with Gasteiger partial charge >= 0.3 is 0 Å². The zero-order valence-electron chi connectivity index (χ0n) is 11.3. The third-order valence-electron chi connectivity index (χ3n) is 2.74. The molecule has 2 heterocycles. The van der Waals surface area contributed by atoms with E-state index in [1.165, 1.54) is 23.8 Å². The van der Waals surface area contributed by atoms with Crippen LogP contribution in [0.1, 0.15) is 17.4 Å². The molecule has 0 radical (unpaired) electrons. The van der Waals surface area contributed by atoms with Crippen molar-refractivity contribution in [1.82, 2.24) is 15.2 Å². The summed E-state index contributed by atoms with van der Waals surface area (Å²) in [7, 11) is 0. The molecule has 3 N–H and O–H groups in total. The van der Waals surface area contributed by atoms with Crippen LogP contribution in [-0.4, -0.2) is 28.9 Å². The zero-order valence-corrected chi connectivity index (χ0v) is 13.0. The van der Waals surface area contributed by atoms with Crippen molar-refractivity contribution in [2.75, 3.05) is 18.8 Å². The number of nitrogen functional groups attached to an aromatic ring is 1. The van der Waals surface area contributed by atoms with Gasteiger partial charge in [0.05, 0.1) is 0 Å². The molecule has 0 aliphatic rings. The molecule has 0 unspecified atom stereocenters. The summed E-state index contributed by atoms with van der Waals surface area (Å²) in [6, 6.07) is 2.12. The molecule has 0 saturated carbocycles. The molecule has 0 aliphatic heterocycles. The normalized spacial score (nSPS) is 10.9. The summed E-state index contributed by atoms with van der Waals surface area (Å²) in [4.78, 5) is 18.5. The first-order chi connectivity index (χ1) is 9.63. The van der Waals surface area contributed by atoms with Crippen LogP contribution in [0.5, 0.6) is 0 Å². The second kappa shape index (κ2) is 7.37. The Morgan fingerprint density at radius 3 is 2.95 bits per heavy atom. The van der Waals surface area contributed by atoms with Gasteiger partial charge in [-0.25, -0.2) is 4.98 Å². The van der Waals surface area contributed by atoms with Crippen LogP contribution < -0.4 is 11.1 Å². The summed E-state index contributed by atoms with van der Waals surface area (Å²) >= 11 is 3.20. The van der Waals surface area contributed by atoms with Gasteiger partial charge in [-0.3, -0.25) is 9.69 Å². The maximum atomic E-state index is 11.0. The van der Waals surface area contributed by atoms with Crippen molar-refractivity contribution in [3.05, 3.63) is 33.5 Å². The molecule has 0 aromatic carbocycles. The first-order valence-corrected chi connectivity index (χ1v) is 8.07. The monoisotopic (exact) mass is 310 g/mol. The third kappa shape index (κ3) is 4.92. The van der Waals surface area contributed by atoms with E-state index in [1.807, 2.05) is 6.20 Å². The summed E-state index contributed by atoms with van der Waals surface area (Å²) in [5.41, 5.74) is 6.95. The fraction of sp³-hybridized carbons (Fsp3) is 0.385. The maximum Gasteiger partial charge on any atom is 0.216 e. The van der Waals surface area contributed by atoms with E-state index in [9.17, 15) is 4.79 Å². The number of thiophene rings is 1. The highest BCUT2D eigenvalue weighted by molar-refractivity contribution is 7.15. The molecule has 0 atom stereocenters. The number of carbonyl (C=O) groups excluding carboxylic acids is 1. The Morgan fingerprint density at radius 1 is 1.50 bits per heavy atom. The summed E-state index contributed by atoms with van der Waals surface area (Å²) in [6.45, 7) is 4.64. The molecule has 2 aromatic rings. The molecule has 7 heteroatoms. The number of nitrogens with one attached hydrogen (secondary N) is 1. The Hall–Kier alpha value is -1.44. The summed E-state index contributed by atoms with van der Waals surface area (Å²) in [5.74, 6) is 0.00233. The lowest BCUT2D eigenvalue weighted by molar-refractivity contribution is -0.119. The SMILES string of the molecule is CC(=O)NCCN(Cc1ccsc1)Cc1cnc(N)s1. The Bertz CT molecular complexity index is 538. The molecule has 0 fully saturated rings. The van der Waals surface area contributed by atoms with Gasteiger partial charge in [-0.05, 0) is 22.4 Å². The minimum atomic E-state index is 0.00233. The van der Waals surface area contributed by atoms with Gasteiger partial charge in [0, 0.05) is 44.2 Å². The van der Waals surface area contributed by atoms with E-state index in [2.05, 4.69) is 32.0 Å². The molecule has 0 spiro atoms. The minimum Gasteiger partial charge on any atom is -0.375 e. The average Bonchev–Trinajstić information content (AvgIpc) is 3.01. The van der Waals surface area contributed by atoms with E-state index in [-0.39, 0.29) is 5.91 Å². The topological polar surface area (TPSA) is 71.2 Å². The Morgan fingerprint density at radius 2 is 2.35 bits per heavy atom. The fourth-order valence-corrected chi connectivity index (χ4v) is 3.25. The van der Waals surface area contributed by atoms with Crippen molar-refractivity contribution in [1.29, 1.82) is 0 Å². The lowest BCUT2D eigenvalue weighted by atomic mass is 10.3. The average molecular weight is 310 g/mol. The highest BCUT2D eigenvalue weighted by atomic mass is 32.1. The van der Waals surface area contributed by atoms with Crippen LogP contribution in [0.2, 0.25) is 0 Å². The number of aromatic nitrogens is 1. The van der Waals surface area contributed by atoms with Gasteiger partial charge < -0.3 is 11.1 Å². The fourth-order valence-electron chi connectivity index (χ4n) is 1.86. The number of carbonyl (C=O) groups is 1. The summed E-state index contributed by atoms with van der Waals surface area (Å²) in [6.07, 6.45) is 1.82. The largest absolute Gasteiger partial charge is 0.375 e. The van der Waals surface area contributed by atoms with Crippen LogP contribution >= 0.6 is 22.7 Å². The molecule has 2 aromatic heterocycles. The Labute approximate surface area is 126 Å². The molecule has 0 bridgehead atoms. The molecule has 5 nitrogen and oxygen atoms in total. The van der Waals surface area contributed by atoms with Gasteiger partial charge in [-0.1, -0.05) is 0 Å². The predicted octanol–water partition coefficient (Wildman–Crippen LogP) is 1.93. The van der Waals surface area contributed by atoms with E-state index in [0.717, 1.165) is 24.5 Å².